The standard InChI is InChI=1S/C60H82O12/c1-35-25-39(29-43(53(35)65)57(5,6)7)17-21-49(61)69-33-47(71-51(63)23-19-41-27-37(3)55(67)45(31-41)59(11,12)13)48(72-52(64)24-20-42-28-38(4)56(68)46(32-42)60(14,15)16)34-70-50(62)22-18-40-26-36(2)54(66)44(30-40)58(8,9)10/h25-32,47-48,65-68H,17-24,33-34H2,1-16H3/t47-,48+. The lowest BCUT2D eigenvalue weighted by Gasteiger charge is -2.27. The molecule has 0 amide bonds. The topological polar surface area (TPSA) is 186 Å². The first-order valence-corrected chi connectivity index (χ1v) is 25.2. The molecule has 394 valence electrons. The van der Waals surface area contributed by atoms with E-state index in [-0.39, 0.29) is 96.0 Å². The van der Waals surface area contributed by atoms with Gasteiger partial charge in [-0.1, -0.05) is 132 Å². The Morgan fingerprint density at radius 2 is 0.583 bits per heavy atom. The Bertz CT molecular complexity index is 2410. The number of benzene rings is 4. The number of carbonyl (C=O) groups is 4. The van der Waals surface area contributed by atoms with Gasteiger partial charge in [0.1, 0.15) is 36.2 Å². The maximum absolute atomic E-state index is 13.9. The van der Waals surface area contributed by atoms with E-state index < -0.39 is 49.3 Å². The van der Waals surface area contributed by atoms with Crippen LogP contribution in [0.5, 0.6) is 23.0 Å². The highest BCUT2D eigenvalue weighted by Crippen LogP contribution is 2.38. The number of esters is 4. The highest BCUT2D eigenvalue weighted by atomic mass is 16.6. The van der Waals surface area contributed by atoms with Crippen LogP contribution in [-0.4, -0.2) is 69.7 Å². The van der Waals surface area contributed by atoms with Gasteiger partial charge in [0.05, 0.1) is 0 Å². The van der Waals surface area contributed by atoms with Crippen molar-refractivity contribution in [3.8, 4) is 23.0 Å². The second-order valence-electron chi connectivity index (χ2n) is 23.7. The van der Waals surface area contributed by atoms with Gasteiger partial charge in [0.2, 0.25) is 0 Å². The Morgan fingerprint density at radius 1 is 0.375 bits per heavy atom. The zero-order valence-electron chi connectivity index (χ0n) is 45.9. The second kappa shape index (κ2) is 23.7. The summed E-state index contributed by atoms with van der Waals surface area (Å²) in [4.78, 5) is 54.8. The summed E-state index contributed by atoms with van der Waals surface area (Å²) in [7, 11) is 0. The molecule has 4 rings (SSSR count). The number of phenolic OH excluding ortho intramolecular Hbond substituents is 4. The van der Waals surface area contributed by atoms with E-state index in [0.717, 1.165) is 44.5 Å². The van der Waals surface area contributed by atoms with E-state index in [9.17, 15) is 39.6 Å². The molecule has 0 radical (unpaired) electrons. The van der Waals surface area contributed by atoms with E-state index in [1.54, 1.807) is 27.7 Å². The quantitative estimate of drug-likeness (QED) is 0.0515. The summed E-state index contributed by atoms with van der Waals surface area (Å²) in [6.07, 6.45) is -2.07. The molecule has 12 heteroatoms. The highest BCUT2D eigenvalue weighted by Gasteiger charge is 2.33. The van der Waals surface area contributed by atoms with E-state index >= 15 is 0 Å². The third-order valence-electron chi connectivity index (χ3n) is 12.9. The molecule has 0 aliphatic carbocycles. The normalized spacial score (nSPS) is 13.1. The fourth-order valence-corrected chi connectivity index (χ4v) is 8.65. The fourth-order valence-electron chi connectivity index (χ4n) is 8.65. The third-order valence-corrected chi connectivity index (χ3v) is 12.9. The van der Waals surface area contributed by atoms with E-state index in [2.05, 4.69) is 0 Å². The van der Waals surface area contributed by atoms with Gasteiger partial charge in [-0.3, -0.25) is 19.2 Å². The van der Waals surface area contributed by atoms with Gasteiger partial charge in [0.15, 0.2) is 12.2 Å². The predicted molar refractivity (Wildman–Crippen MR) is 281 cm³/mol. The number of hydrogen-bond acceptors (Lipinski definition) is 12. The summed E-state index contributed by atoms with van der Waals surface area (Å²) in [6.45, 7) is 30.0. The number of hydrogen-bond donors (Lipinski definition) is 4. The van der Waals surface area contributed by atoms with Crippen LogP contribution in [0.1, 0.15) is 176 Å². The molecule has 4 N–H and O–H groups in total. The van der Waals surface area contributed by atoms with Crippen LogP contribution >= 0.6 is 0 Å². The molecule has 0 saturated heterocycles. The zero-order valence-corrected chi connectivity index (χ0v) is 45.9. The molecular formula is C60H82O12. The summed E-state index contributed by atoms with van der Waals surface area (Å²) in [5.41, 5.74) is 7.41. The highest BCUT2D eigenvalue weighted by molar-refractivity contribution is 5.73. The first-order valence-electron chi connectivity index (χ1n) is 25.2. The minimum Gasteiger partial charge on any atom is -0.507 e. The lowest BCUT2D eigenvalue weighted by atomic mass is 9.83. The van der Waals surface area contributed by atoms with E-state index in [0.29, 0.717) is 22.3 Å². The van der Waals surface area contributed by atoms with Gasteiger partial charge in [-0.25, -0.2) is 0 Å². The summed E-state index contributed by atoms with van der Waals surface area (Å²) < 4.78 is 23.7. The van der Waals surface area contributed by atoms with Crippen LogP contribution in [-0.2, 0) is 85.5 Å². The number of aromatic hydroxyl groups is 4. The Balaban J connectivity index is 1.64. The van der Waals surface area contributed by atoms with Crippen molar-refractivity contribution in [1.82, 2.24) is 0 Å². The molecule has 12 nitrogen and oxygen atoms in total. The van der Waals surface area contributed by atoms with Crippen LogP contribution in [0.2, 0.25) is 0 Å². The lowest BCUT2D eigenvalue weighted by Crippen LogP contribution is -2.42. The van der Waals surface area contributed by atoms with E-state index in [1.807, 2.05) is 132 Å². The van der Waals surface area contributed by atoms with Crippen LogP contribution in [0.25, 0.3) is 0 Å². The van der Waals surface area contributed by atoms with Crippen molar-refractivity contribution in [2.75, 3.05) is 13.2 Å². The molecule has 0 unspecified atom stereocenters. The molecule has 0 aliphatic rings. The first-order chi connectivity index (χ1) is 33.1. The van der Waals surface area contributed by atoms with Crippen LogP contribution < -0.4 is 0 Å². The number of phenols is 4. The first kappa shape index (κ1) is 58.5. The van der Waals surface area contributed by atoms with Crippen molar-refractivity contribution in [2.24, 2.45) is 0 Å². The van der Waals surface area contributed by atoms with E-state index in [4.69, 9.17) is 18.9 Å². The van der Waals surface area contributed by atoms with Gasteiger partial charge < -0.3 is 39.4 Å². The molecule has 0 bridgehead atoms. The Hall–Kier alpha value is -6.04. The average Bonchev–Trinajstić information content (AvgIpc) is 3.26. The van der Waals surface area contributed by atoms with Gasteiger partial charge in [0.25, 0.3) is 0 Å². The molecule has 0 spiro atoms. The monoisotopic (exact) mass is 995 g/mol. The zero-order chi connectivity index (χ0) is 54.3. The van der Waals surface area contributed by atoms with Gasteiger partial charge in [-0.15, -0.1) is 0 Å². The number of rotatable bonds is 19. The van der Waals surface area contributed by atoms with Crippen LogP contribution in [0, 0.1) is 27.7 Å². The Morgan fingerprint density at radius 3 is 0.792 bits per heavy atom. The molecular weight excluding hydrogens is 913 g/mol. The molecule has 0 heterocycles. The third kappa shape index (κ3) is 16.5. The molecule has 0 saturated carbocycles. The minimum atomic E-state index is -1.40. The SMILES string of the molecule is Cc1cc(CCC(=O)OC[C@H](OC(=O)CCc2cc(C)c(O)c(C(C)(C)C)c2)[C@@H](COC(=O)CCc2cc(C)c(O)c(C(C)(C)C)c2)OC(=O)CCc2cc(C)c(O)c(C(C)(C)C)c2)cc(C(C)(C)C)c1O. The Kier molecular flexibility index (Phi) is 19.2. The summed E-state index contributed by atoms with van der Waals surface area (Å²) in [5.74, 6) is -1.83. The molecule has 0 fully saturated rings. The number of ether oxygens (including phenoxy) is 4. The van der Waals surface area contributed by atoms with Gasteiger partial charge >= 0.3 is 23.9 Å². The molecule has 0 aliphatic heterocycles. The number of carbonyl (C=O) groups excluding carboxylic acids is 4. The maximum atomic E-state index is 13.9. The van der Waals surface area contributed by atoms with Crippen molar-refractivity contribution in [1.29, 1.82) is 0 Å². The Labute approximate surface area is 428 Å². The van der Waals surface area contributed by atoms with Gasteiger partial charge in [0, 0.05) is 25.7 Å². The summed E-state index contributed by atoms with van der Waals surface area (Å²) >= 11 is 0. The molecule has 2 atom stereocenters. The van der Waals surface area contributed by atoms with E-state index in [1.165, 1.54) is 0 Å². The van der Waals surface area contributed by atoms with Crippen molar-refractivity contribution in [3.05, 3.63) is 115 Å². The van der Waals surface area contributed by atoms with Gasteiger partial charge in [-0.2, -0.15) is 0 Å². The van der Waals surface area contributed by atoms with Crippen molar-refractivity contribution in [3.63, 3.8) is 0 Å². The second-order valence-corrected chi connectivity index (χ2v) is 23.7. The molecule has 4 aromatic rings. The number of aryl methyl sites for hydroxylation is 8. The predicted octanol–water partition coefficient (Wildman–Crippen LogP) is 11.7. The largest absolute Gasteiger partial charge is 0.507 e. The molecule has 0 aromatic heterocycles. The summed E-state index contributed by atoms with van der Waals surface area (Å²) in [5, 5.41) is 43.2. The van der Waals surface area contributed by atoms with Crippen LogP contribution in [0.3, 0.4) is 0 Å². The average molecular weight is 995 g/mol. The fraction of sp³-hybridized carbons (Fsp3) is 0.533. The van der Waals surface area contributed by atoms with Crippen LogP contribution in [0.4, 0.5) is 0 Å². The van der Waals surface area contributed by atoms with Crippen molar-refractivity contribution >= 4 is 23.9 Å². The van der Waals surface area contributed by atoms with Crippen molar-refractivity contribution in [2.45, 2.75) is 196 Å². The minimum absolute atomic E-state index is 0.0551. The smallest absolute Gasteiger partial charge is 0.306 e. The molecule has 4 aromatic carbocycles. The summed E-state index contributed by atoms with van der Waals surface area (Å²) in [6, 6.07) is 14.7. The lowest BCUT2D eigenvalue weighted by molar-refractivity contribution is -0.182. The van der Waals surface area contributed by atoms with Crippen LogP contribution in [0.15, 0.2) is 48.5 Å². The maximum Gasteiger partial charge on any atom is 0.306 e. The van der Waals surface area contributed by atoms with Gasteiger partial charge in [-0.05, 0) is 142 Å². The van der Waals surface area contributed by atoms with Crippen molar-refractivity contribution < 1.29 is 58.6 Å². The molecule has 72 heavy (non-hydrogen) atoms.